The van der Waals surface area contributed by atoms with Gasteiger partial charge in [-0.1, -0.05) is 5.16 Å². The Morgan fingerprint density at radius 2 is 2.18 bits per heavy atom. The van der Waals surface area contributed by atoms with Crippen LogP contribution in [0.4, 0.5) is 0 Å². The smallest absolute Gasteiger partial charge is 0.261 e. The highest BCUT2D eigenvalue weighted by Crippen LogP contribution is 2.37. The van der Waals surface area contributed by atoms with Gasteiger partial charge in [-0.25, -0.2) is 0 Å². The molecule has 1 fully saturated rings. The average Bonchev–Trinajstić information content (AvgIpc) is 2.82. The molecule has 1 aliphatic carbocycles. The largest absolute Gasteiger partial charge is 0.457 e. The van der Waals surface area contributed by atoms with Crippen LogP contribution in [0.5, 0.6) is 0 Å². The third-order valence-corrected chi connectivity index (χ3v) is 3.35. The number of halogens is 2. The van der Waals surface area contributed by atoms with Gasteiger partial charge in [0.25, 0.3) is 5.89 Å². The zero-order valence-electron chi connectivity index (χ0n) is 8.85. The summed E-state index contributed by atoms with van der Waals surface area (Å²) in [5, 5.41) is 3.93. The lowest BCUT2D eigenvalue weighted by Gasteiger charge is -2.34. The number of aromatic nitrogens is 2. The van der Waals surface area contributed by atoms with E-state index in [4.69, 9.17) is 14.7 Å². The lowest BCUT2D eigenvalue weighted by atomic mass is 9.77. The standard InChI is InChI=1S/C10H10BrN3O2.ClH/c11-7-4-6(5-15-7)8-13-9(14-16-8)10(12)2-1-3-10;/h4-5H,1-3,12H2;1H. The van der Waals surface area contributed by atoms with E-state index in [0.717, 1.165) is 24.8 Å². The summed E-state index contributed by atoms with van der Waals surface area (Å²) in [6.07, 6.45) is 4.52. The number of nitrogens with zero attached hydrogens (tertiary/aromatic N) is 2. The number of hydrogen-bond acceptors (Lipinski definition) is 5. The maximum atomic E-state index is 6.10. The number of furan rings is 1. The van der Waals surface area contributed by atoms with E-state index in [2.05, 4.69) is 26.1 Å². The summed E-state index contributed by atoms with van der Waals surface area (Å²) < 4.78 is 10.9. The normalized spacial score (nSPS) is 17.3. The summed E-state index contributed by atoms with van der Waals surface area (Å²) in [5.74, 6) is 1.03. The van der Waals surface area contributed by atoms with Gasteiger partial charge in [-0.05, 0) is 35.2 Å². The lowest BCUT2D eigenvalue weighted by molar-refractivity contribution is 0.229. The van der Waals surface area contributed by atoms with E-state index in [1.165, 1.54) is 0 Å². The first-order valence-electron chi connectivity index (χ1n) is 5.05. The Morgan fingerprint density at radius 1 is 1.41 bits per heavy atom. The maximum absolute atomic E-state index is 6.10. The molecule has 2 aromatic heterocycles. The van der Waals surface area contributed by atoms with E-state index in [9.17, 15) is 0 Å². The molecule has 0 atom stereocenters. The van der Waals surface area contributed by atoms with Gasteiger partial charge in [0.2, 0.25) is 0 Å². The number of nitrogens with two attached hydrogens (primary N) is 1. The number of hydrogen-bond donors (Lipinski definition) is 1. The monoisotopic (exact) mass is 319 g/mol. The Hall–Kier alpha value is -0.850. The molecule has 3 rings (SSSR count). The fraction of sp³-hybridized carbons (Fsp3) is 0.400. The Morgan fingerprint density at radius 3 is 2.71 bits per heavy atom. The first-order valence-corrected chi connectivity index (χ1v) is 5.84. The maximum Gasteiger partial charge on any atom is 0.261 e. The molecule has 0 aliphatic heterocycles. The third kappa shape index (κ3) is 2.12. The molecule has 17 heavy (non-hydrogen) atoms. The zero-order valence-corrected chi connectivity index (χ0v) is 11.3. The summed E-state index contributed by atoms with van der Waals surface area (Å²) in [5.41, 5.74) is 6.47. The Bertz CT molecular complexity index is 521. The van der Waals surface area contributed by atoms with Crippen LogP contribution < -0.4 is 5.73 Å². The van der Waals surface area contributed by atoms with Crippen molar-refractivity contribution in [3.05, 3.63) is 22.8 Å². The zero-order chi connectivity index (χ0) is 11.2. The van der Waals surface area contributed by atoms with Crippen LogP contribution in [0, 0.1) is 0 Å². The summed E-state index contributed by atoms with van der Waals surface area (Å²) in [6, 6.07) is 1.78. The summed E-state index contributed by atoms with van der Waals surface area (Å²) in [7, 11) is 0. The molecule has 0 bridgehead atoms. The van der Waals surface area contributed by atoms with Crippen molar-refractivity contribution in [3.63, 3.8) is 0 Å². The van der Waals surface area contributed by atoms with Gasteiger partial charge in [0.1, 0.15) is 6.26 Å². The second kappa shape index (κ2) is 4.44. The van der Waals surface area contributed by atoms with Crippen molar-refractivity contribution < 1.29 is 8.94 Å². The fourth-order valence-electron chi connectivity index (χ4n) is 1.75. The Kier molecular flexibility index (Phi) is 3.29. The average molecular weight is 321 g/mol. The third-order valence-electron chi connectivity index (χ3n) is 2.93. The van der Waals surface area contributed by atoms with Gasteiger partial charge in [0.05, 0.1) is 11.1 Å². The molecule has 0 unspecified atom stereocenters. The second-order valence-corrected chi connectivity index (χ2v) is 4.85. The van der Waals surface area contributed by atoms with Crippen molar-refractivity contribution in [1.82, 2.24) is 10.1 Å². The van der Waals surface area contributed by atoms with Crippen LogP contribution >= 0.6 is 28.3 Å². The van der Waals surface area contributed by atoms with Crippen molar-refractivity contribution in [3.8, 4) is 11.5 Å². The molecule has 2 heterocycles. The molecule has 7 heteroatoms. The molecule has 5 nitrogen and oxygen atoms in total. The Labute approximate surface area is 112 Å². The van der Waals surface area contributed by atoms with Crippen LogP contribution in [-0.4, -0.2) is 10.1 Å². The molecular weight excluding hydrogens is 309 g/mol. The Balaban J connectivity index is 0.00000108. The van der Waals surface area contributed by atoms with Crippen molar-refractivity contribution in [2.45, 2.75) is 24.8 Å². The highest BCUT2D eigenvalue weighted by Gasteiger charge is 2.39. The van der Waals surface area contributed by atoms with Crippen molar-refractivity contribution in [2.75, 3.05) is 0 Å². The molecule has 0 saturated heterocycles. The van der Waals surface area contributed by atoms with E-state index in [1.807, 2.05) is 0 Å². The van der Waals surface area contributed by atoms with Crippen LogP contribution in [0.15, 0.2) is 25.9 Å². The number of rotatable bonds is 2. The van der Waals surface area contributed by atoms with Crippen LogP contribution in [0.2, 0.25) is 0 Å². The van der Waals surface area contributed by atoms with Crippen LogP contribution in [-0.2, 0) is 5.54 Å². The molecule has 2 aromatic rings. The molecule has 0 radical (unpaired) electrons. The summed E-state index contributed by atoms with van der Waals surface area (Å²) in [6.45, 7) is 0. The predicted molar refractivity (Wildman–Crippen MR) is 66.7 cm³/mol. The molecule has 2 N–H and O–H groups in total. The van der Waals surface area contributed by atoms with Gasteiger partial charge in [-0.2, -0.15) is 4.98 Å². The minimum absolute atomic E-state index is 0. The van der Waals surface area contributed by atoms with E-state index < -0.39 is 0 Å². The molecule has 0 spiro atoms. The SMILES string of the molecule is Cl.NC1(c2noc(-c3coc(Br)c3)n2)CCC1. The van der Waals surface area contributed by atoms with Gasteiger partial charge in [-0.3, -0.25) is 0 Å². The van der Waals surface area contributed by atoms with E-state index >= 15 is 0 Å². The predicted octanol–water partition coefficient (Wildman–Crippen LogP) is 2.85. The minimum Gasteiger partial charge on any atom is -0.457 e. The van der Waals surface area contributed by atoms with Crippen molar-refractivity contribution >= 4 is 28.3 Å². The van der Waals surface area contributed by atoms with Gasteiger partial charge in [0.15, 0.2) is 10.5 Å². The second-order valence-electron chi connectivity index (χ2n) is 4.07. The van der Waals surface area contributed by atoms with Crippen LogP contribution in [0.25, 0.3) is 11.5 Å². The summed E-state index contributed by atoms with van der Waals surface area (Å²) >= 11 is 3.22. The topological polar surface area (TPSA) is 78.1 Å². The van der Waals surface area contributed by atoms with E-state index in [0.29, 0.717) is 16.4 Å². The fourth-order valence-corrected chi connectivity index (χ4v) is 2.09. The molecule has 1 saturated carbocycles. The molecule has 0 amide bonds. The van der Waals surface area contributed by atoms with Gasteiger partial charge >= 0.3 is 0 Å². The van der Waals surface area contributed by atoms with E-state index in [-0.39, 0.29) is 17.9 Å². The first-order chi connectivity index (χ1) is 7.67. The minimum atomic E-state index is -0.386. The van der Waals surface area contributed by atoms with Gasteiger partial charge in [-0.15, -0.1) is 12.4 Å². The van der Waals surface area contributed by atoms with Crippen LogP contribution in [0.1, 0.15) is 25.1 Å². The molecule has 1 aliphatic rings. The molecule has 0 aromatic carbocycles. The van der Waals surface area contributed by atoms with E-state index in [1.54, 1.807) is 12.3 Å². The van der Waals surface area contributed by atoms with Crippen molar-refractivity contribution in [1.29, 1.82) is 0 Å². The molecule has 92 valence electrons. The van der Waals surface area contributed by atoms with Gasteiger partial charge in [0, 0.05) is 6.07 Å². The molecular formula is C10H11BrClN3O2. The quantitative estimate of drug-likeness (QED) is 0.920. The van der Waals surface area contributed by atoms with Crippen molar-refractivity contribution in [2.24, 2.45) is 5.73 Å². The van der Waals surface area contributed by atoms with Gasteiger partial charge < -0.3 is 14.7 Å². The first kappa shape index (κ1) is 12.6. The highest BCUT2D eigenvalue weighted by molar-refractivity contribution is 9.10. The van der Waals surface area contributed by atoms with Crippen LogP contribution in [0.3, 0.4) is 0 Å². The lowest BCUT2D eigenvalue weighted by Crippen LogP contribution is -2.44. The highest BCUT2D eigenvalue weighted by atomic mass is 79.9. The summed E-state index contributed by atoms with van der Waals surface area (Å²) in [4.78, 5) is 4.30.